The van der Waals surface area contributed by atoms with Gasteiger partial charge in [0.1, 0.15) is 0 Å². The Morgan fingerprint density at radius 2 is 2.29 bits per heavy atom. The summed E-state index contributed by atoms with van der Waals surface area (Å²) < 4.78 is 1.64. The third kappa shape index (κ3) is 2.35. The predicted molar refractivity (Wildman–Crippen MR) is 79.9 cm³/mol. The van der Waals surface area contributed by atoms with E-state index in [0.29, 0.717) is 11.0 Å². The summed E-state index contributed by atoms with van der Waals surface area (Å²) in [7, 11) is 0. The number of likely N-dealkylation sites (N-methyl/N-ethyl adjacent to an activating group) is 1. The summed E-state index contributed by atoms with van der Waals surface area (Å²) in [5.41, 5.74) is 1.06. The number of aromatic nitrogens is 2. The number of carboxylic acid groups (broad SMARTS) is 1. The first-order chi connectivity index (χ1) is 10.1. The number of likely N-dealkylation sites (tertiary alicyclic amines) is 1. The maximum atomic E-state index is 12.3. The second-order valence-electron chi connectivity index (χ2n) is 5.50. The van der Waals surface area contributed by atoms with Crippen LogP contribution in [0.15, 0.2) is 23.0 Å². The zero-order chi connectivity index (χ0) is 15.0. The van der Waals surface area contributed by atoms with Gasteiger partial charge in [-0.1, -0.05) is 13.0 Å². The Morgan fingerprint density at radius 1 is 1.48 bits per heavy atom. The van der Waals surface area contributed by atoms with Gasteiger partial charge in [-0.15, -0.1) is 0 Å². The van der Waals surface area contributed by atoms with Crippen molar-refractivity contribution in [1.82, 2.24) is 14.5 Å². The van der Waals surface area contributed by atoms with Crippen molar-refractivity contribution >= 4 is 17.0 Å². The van der Waals surface area contributed by atoms with Crippen LogP contribution in [0.2, 0.25) is 0 Å². The molecule has 0 spiro atoms. The van der Waals surface area contributed by atoms with E-state index in [0.717, 1.165) is 32.5 Å². The van der Waals surface area contributed by atoms with Gasteiger partial charge < -0.3 is 15.0 Å². The molecule has 2 heterocycles. The van der Waals surface area contributed by atoms with E-state index >= 15 is 0 Å². The van der Waals surface area contributed by atoms with Crippen LogP contribution in [-0.2, 0) is 0 Å². The maximum absolute atomic E-state index is 12.3. The molecule has 1 aliphatic rings. The largest absolute Gasteiger partial charge is 0.478 e. The number of imidazole rings is 1. The fourth-order valence-electron chi connectivity index (χ4n) is 3.23. The summed E-state index contributed by atoms with van der Waals surface area (Å²) in [5, 5.41) is 9.37. The number of H-pyrrole nitrogens is 1. The van der Waals surface area contributed by atoms with Crippen LogP contribution < -0.4 is 5.69 Å². The highest BCUT2D eigenvalue weighted by molar-refractivity contribution is 6.01. The SMILES string of the molecule is CCN1CCCC(n2c(=O)[nH]c3cccc(C(=O)O)c32)C1. The quantitative estimate of drug-likeness (QED) is 0.901. The summed E-state index contributed by atoms with van der Waals surface area (Å²) in [4.78, 5) is 28.8. The fraction of sp³-hybridized carbons (Fsp3) is 0.467. The van der Waals surface area contributed by atoms with E-state index in [4.69, 9.17) is 0 Å². The monoisotopic (exact) mass is 289 g/mol. The summed E-state index contributed by atoms with van der Waals surface area (Å²) >= 11 is 0. The smallest absolute Gasteiger partial charge is 0.337 e. The average Bonchev–Trinajstić information content (AvgIpc) is 2.82. The van der Waals surface area contributed by atoms with Gasteiger partial charge in [-0.2, -0.15) is 0 Å². The van der Waals surface area contributed by atoms with E-state index < -0.39 is 5.97 Å². The topological polar surface area (TPSA) is 78.3 Å². The number of nitrogens with one attached hydrogen (secondary N) is 1. The molecule has 1 aromatic heterocycles. The molecule has 0 amide bonds. The second-order valence-corrected chi connectivity index (χ2v) is 5.50. The molecule has 0 saturated carbocycles. The Morgan fingerprint density at radius 3 is 3.00 bits per heavy atom. The number of benzene rings is 1. The van der Waals surface area contributed by atoms with Crippen LogP contribution in [0, 0.1) is 0 Å². The first kappa shape index (κ1) is 13.9. The Hall–Kier alpha value is -2.08. The molecule has 6 heteroatoms. The van der Waals surface area contributed by atoms with Gasteiger partial charge in [0.2, 0.25) is 0 Å². The molecule has 2 aromatic rings. The van der Waals surface area contributed by atoms with E-state index in [2.05, 4.69) is 16.8 Å². The van der Waals surface area contributed by atoms with Gasteiger partial charge in [0, 0.05) is 6.54 Å². The standard InChI is InChI=1S/C15H19N3O3/c1-2-17-8-4-5-10(9-17)18-13-11(14(19)20)6-3-7-12(13)16-15(18)21/h3,6-7,10H,2,4-5,8-9H2,1H3,(H,16,21)(H,19,20). The predicted octanol–water partition coefficient (Wildman–Crippen LogP) is 1.68. The Labute approximate surface area is 122 Å². The average molecular weight is 289 g/mol. The number of para-hydroxylation sites is 1. The van der Waals surface area contributed by atoms with E-state index in [1.807, 2.05) is 0 Å². The lowest BCUT2D eigenvalue weighted by molar-refractivity contribution is 0.0698. The van der Waals surface area contributed by atoms with Crippen molar-refractivity contribution in [1.29, 1.82) is 0 Å². The van der Waals surface area contributed by atoms with Crippen molar-refractivity contribution in [3.05, 3.63) is 34.2 Å². The van der Waals surface area contributed by atoms with Crippen molar-refractivity contribution in [3.8, 4) is 0 Å². The van der Waals surface area contributed by atoms with Gasteiger partial charge >= 0.3 is 11.7 Å². The van der Waals surface area contributed by atoms with Crippen LogP contribution in [0.4, 0.5) is 0 Å². The Kier molecular flexibility index (Phi) is 3.55. The Bertz CT molecular complexity index is 731. The third-order valence-electron chi connectivity index (χ3n) is 4.26. The highest BCUT2D eigenvalue weighted by Gasteiger charge is 2.25. The minimum Gasteiger partial charge on any atom is -0.478 e. The molecule has 2 N–H and O–H groups in total. The molecule has 112 valence electrons. The number of carboxylic acids is 1. The first-order valence-corrected chi connectivity index (χ1v) is 7.30. The first-order valence-electron chi connectivity index (χ1n) is 7.30. The van der Waals surface area contributed by atoms with Gasteiger partial charge in [-0.05, 0) is 38.1 Å². The van der Waals surface area contributed by atoms with Crippen molar-refractivity contribution < 1.29 is 9.90 Å². The molecule has 6 nitrogen and oxygen atoms in total. The summed E-state index contributed by atoms with van der Waals surface area (Å²) in [6, 6.07) is 4.99. The maximum Gasteiger partial charge on any atom is 0.337 e. The number of nitrogens with zero attached hydrogens (tertiary/aromatic N) is 2. The minimum absolute atomic E-state index is 0.0282. The number of piperidine rings is 1. The van der Waals surface area contributed by atoms with Crippen molar-refractivity contribution in [2.24, 2.45) is 0 Å². The molecule has 0 radical (unpaired) electrons. The molecular formula is C15H19N3O3. The molecule has 3 rings (SSSR count). The van der Waals surface area contributed by atoms with Crippen molar-refractivity contribution in [2.45, 2.75) is 25.8 Å². The lowest BCUT2D eigenvalue weighted by Crippen LogP contribution is -2.39. The molecule has 1 saturated heterocycles. The van der Waals surface area contributed by atoms with Gasteiger partial charge in [0.15, 0.2) is 0 Å². The minimum atomic E-state index is -1.00. The number of hydrogen-bond acceptors (Lipinski definition) is 3. The highest BCUT2D eigenvalue weighted by atomic mass is 16.4. The number of hydrogen-bond donors (Lipinski definition) is 2. The molecule has 21 heavy (non-hydrogen) atoms. The molecule has 1 atom stereocenters. The van der Waals surface area contributed by atoms with E-state index in [9.17, 15) is 14.7 Å². The van der Waals surface area contributed by atoms with Crippen LogP contribution in [0.1, 0.15) is 36.2 Å². The van der Waals surface area contributed by atoms with Gasteiger partial charge in [-0.25, -0.2) is 9.59 Å². The lowest BCUT2D eigenvalue weighted by Gasteiger charge is -2.32. The molecule has 0 aliphatic carbocycles. The van der Waals surface area contributed by atoms with Gasteiger partial charge in [0.05, 0.1) is 22.6 Å². The Balaban J connectivity index is 2.15. The van der Waals surface area contributed by atoms with Gasteiger partial charge in [-0.3, -0.25) is 4.57 Å². The van der Waals surface area contributed by atoms with Crippen LogP contribution in [0.5, 0.6) is 0 Å². The van der Waals surface area contributed by atoms with E-state index in [1.54, 1.807) is 22.8 Å². The number of rotatable bonds is 3. The third-order valence-corrected chi connectivity index (χ3v) is 4.26. The summed E-state index contributed by atoms with van der Waals surface area (Å²) in [6.45, 7) is 4.87. The normalized spacial score (nSPS) is 20.0. The number of carbonyl (C=O) groups is 1. The number of aromatic amines is 1. The molecule has 1 aliphatic heterocycles. The van der Waals surface area contributed by atoms with Gasteiger partial charge in [0.25, 0.3) is 0 Å². The molecule has 1 fully saturated rings. The van der Waals surface area contributed by atoms with Crippen LogP contribution in [0.3, 0.4) is 0 Å². The fourth-order valence-corrected chi connectivity index (χ4v) is 3.23. The second kappa shape index (κ2) is 5.37. The highest BCUT2D eigenvalue weighted by Crippen LogP contribution is 2.25. The van der Waals surface area contributed by atoms with Crippen LogP contribution in [-0.4, -0.2) is 45.2 Å². The molecule has 1 unspecified atom stereocenters. The van der Waals surface area contributed by atoms with Crippen molar-refractivity contribution in [3.63, 3.8) is 0 Å². The number of aromatic carboxylic acids is 1. The van der Waals surface area contributed by atoms with Crippen LogP contribution >= 0.6 is 0 Å². The van der Waals surface area contributed by atoms with E-state index in [-0.39, 0.29) is 17.3 Å². The van der Waals surface area contributed by atoms with Crippen molar-refractivity contribution in [2.75, 3.05) is 19.6 Å². The number of fused-ring (bicyclic) bond motifs is 1. The molecular weight excluding hydrogens is 270 g/mol. The molecule has 1 aromatic carbocycles. The zero-order valence-electron chi connectivity index (χ0n) is 12.0. The summed E-state index contributed by atoms with van der Waals surface area (Å²) in [5.74, 6) is -1.00. The van der Waals surface area contributed by atoms with Crippen LogP contribution in [0.25, 0.3) is 11.0 Å². The lowest BCUT2D eigenvalue weighted by atomic mass is 10.0. The van der Waals surface area contributed by atoms with E-state index in [1.165, 1.54) is 0 Å². The zero-order valence-corrected chi connectivity index (χ0v) is 12.0. The summed E-state index contributed by atoms with van der Waals surface area (Å²) in [6.07, 6.45) is 1.92. The molecule has 0 bridgehead atoms.